The summed E-state index contributed by atoms with van der Waals surface area (Å²) < 4.78 is 1.82. The summed E-state index contributed by atoms with van der Waals surface area (Å²) in [6.45, 7) is 2.59. The molecular weight excluding hydrogens is 312 g/mol. The fourth-order valence-corrected chi connectivity index (χ4v) is 4.05. The van der Waals surface area contributed by atoms with Crippen LogP contribution in [0.1, 0.15) is 43.6 Å². The third kappa shape index (κ3) is 4.27. The van der Waals surface area contributed by atoms with Crippen LogP contribution in [-0.2, 0) is 11.8 Å². The molecule has 23 heavy (non-hydrogen) atoms. The van der Waals surface area contributed by atoms with E-state index < -0.39 is 0 Å². The first-order valence-electron chi connectivity index (χ1n) is 8.59. The number of halogens is 1. The van der Waals surface area contributed by atoms with Crippen molar-refractivity contribution in [2.24, 2.45) is 18.9 Å². The molecule has 0 aromatic carbocycles. The van der Waals surface area contributed by atoms with Crippen molar-refractivity contribution in [2.75, 3.05) is 26.7 Å². The fraction of sp³-hybridized carbons (Fsp3) is 0.765. The van der Waals surface area contributed by atoms with Gasteiger partial charge in [-0.2, -0.15) is 5.10 Å². The average molecular weight is 341 g/mol. The molecule has 1 saturated carbocycles. The second-order valence-electron chi connectivity index (χ2n) is 7.04. The van der Waals surface area contributed by atoms with E-state index in [1.807, 2.05) is 36.1 Å². The summed E-state index contributed by atoms with van der Waals surface area (Å²) in [7, 11) is 3.91. The van der Waals surface area contributed by atoms with Crippen LogP contribution in [0.2, 0.25) is 0 Å². The first-order chi connectivity index (χ1) is 10.6. The van der Waals surface area contributed by atoms with Crippen LogP contribution in [0.5, 0.6) is 0 Å². The van der Waals surface area contributed by atoms with Gasteiger partial charge < -0.3 is 10.2 Å². The Hall–Kier alpha value is -1.07. The summed E-state index contributed by atoms with van der Waals surface area (Å²) in [5.74, 6) is 1.31. The molecule has 0 radical (unpaired) electrons. The highest BCUT2D eigenvalue weighted by molar-refractivity contribution is 5.85. The summed E-state index contributed by atoms with van der Waals surface area (Å²) in [5.41, 5.74) is 1.18. The van der Waals surface area contributed by atoms with E-state index in [2.05, 4.69) is 10.4 Å². The Labute approximate surface area is 145 Å². The Morgan fingerprint density at radius 3 is 2.74 bits per heavy atom. The lowest BCUT2D eigenvalue weighted by Crippen LogP contribution is -2.39. The molecule has 2 aliphatic rings. The summed E-state index contributed by atoms with van der Waals surface area (Å²) >= 11 is 0. The highest BCUT2D eigenvalue weighted by Crippen LogP contribution is 2.30. The highest BCUT2D eigenvalue weighted by atomic mass is 35.5. The standard InChI is InChI=1S/C17H28N4O.ClH/c1-20(11-13-6-4-3-5-7-13)17(22)16-10-18-9-15(16)14-8-19-21(2)12-14;/h8,12-13,15-16,18H,3-7,9-11H2,1-2H3;1H/t15-,16+;/m1./s1. The zero-order chi connectivity index (χ0) is 15.5. The van der Waals surface area contributed by atoms with Gasteiger partial charge >= 0.3 is 0 Å². The Bertz CT molecular complexity index is 512. The molecule has 1 amide bonds. The largest absolute Gasteiger partial charge is 0.345 e. The second kappa shape index (κ2) is 8.15. The lowest BCUT2D eigenvalue weighted by Gasteiger charge is -2.29. The molecule has 2 heterocycles. The van der Waals surface area contributed by atoms with Gasteiger partial charge in [-0.05, 0) is 24.3 Å². The normalized spacial score (nSPS) is 25.1. The van der Waals surface area contributed by atoms with E-state index in [1.54, 1.807) is 0 Å². The molecule has 1 aliphatic heterocycles. The molecule has 1 aromatic heterocycles. The minimum atomic E-state index is 0. The van der Waals surface area contributed by atoms with E-state index in [9.17, 15) is 4.79 Å². The van der Waals surface area contributed by atoms with E-state index in [-0.39, 0.29) is 24.2 Å². The van der Waals surface area contributed by atoms with Crippen LogP contribution in [0, 0.1) is 11.8 Å². The monoisotopic (exact) mass is 340 g/mol. The number of nitrogens with zero attached hydrogens (tertiary/aromatic N) is 3. The number of aryl methyl sites for hydroxylation is 1. The zero-order valence-electron chi connectivity index (χ0n) is 14.2. The van der Waals surface area contributed by atoms with Crippen molar-refractivity contribution in [1.29, 1.82) is 0 Å². The molecule has 1 aromatic rings. The van der Waals surface area contributed by atoms with Gasteiger partial charge in [-0.25, -0.2) is 0 Å². The molecule has 1 saturated heterocycles. The fourth-order valence-electron chi connectivity index (χ4n) is 4.05. The molecule has 130 valence electrons. The predicted octanol–water partition coefficient (Wildman–Crippen LogP) is 2.18. The molecule has 1 N–H and O–H groups in total. The van der Waals surface area contributed by atoms with E-state index in [0.29, 0.717) is 11.8 Å². The average Bonchev–Trinajstić information content (AvgIpc) is 3.15. The third-order valence-electron chi connectivity index (χ3n) is 5.32. The smallest absolute Gasteiger partial charge is 0.227 e. The van der Waals surface area contributed by atoms with Crippen LogP contribution >= 0.6 is 12.4 Å². The van der Waals surface area contributed by atoms with Crippen molar-refractivity contribution in [3.63, 3.8) is 0 Å². The predicted molar refractivity (Wildman–Crippen MR) is 93.8 cm³/mol. The summed E-state index contributed by atoms with van der Waals surface area (Å²) in [4.78, 5) is 14.9. The molecule has 3 rings (SSSR count). The van der Waals surface area contributed by atoms with Crippen molar-refractivity contribution < 1.29 is 4.79 Å². The molecule has 1 aliphatic carbocycles. The number of amides is 1. The second-order valence-corrected chi connectivity index (χ2v) is 7.04. The Balaban J connectivity index is 0.00000192. The summed E-state index contributed by atoms with van der Waals surface area (Å²) in [6, 6.07) is 0. The van der Waals surface area contributed by atoms with Crippen molar-refractivity contribution in [3.8, 4) is 0 Å². The number of hydrogen-bond acceptors (Lipinski definition) is 3. The Kier molecular flexibility index (Phi) is 6.48. The first kappa shape index (κ1) is 18.3. The van der Waals surface area contributed by atoms with Gasteiger partial charge in [-0.15, -0.1) is 12.4 Å². The molecule has 0 bridgehead atoms. The van der Waals surface area contributed by atoms with Crippen LogP contribution < -0.4 is 5.32 Å². The molecule has 2 atom stereocenters. The van der Waals surface area contributed by atoms with Crippen LogP contribution in [-0.4, -0.2) is 47.3 Å². The van der Waals surface area contributed by atoms with Crippen LogP contribution in [0.25, 0.3) is 0 Å². The highest BCUT2D eigenvalue weighted by Gasteiger charge is 2.36. The molecule has 0 unspecified atom stereocenters. The van der Waals surface area contributed by atoms with Crippen molar-refractivity contribution in [2.45, 2.75) is 38.0 Å². The van der Waals surface area contributed by atoms with Crippen molar-refractivity contribution >= 4 is 18.3 Å². The number of carbonyl (C=O) groups excluding carboxylic acids is 1. The third-order valence-corrected chi connectivity index (χ3v) is 5.32. The Morgan fingerprint density at radius 1 is 1.35 bits per heavy atom. The van der Waals surface area contributed by atoms with Crippen LogP contribution in [0.15, 0.2) is 12.4 Å². The maximum Gasteiger partial charge on any atom is 0.227 e. The van der Waals surface area contributed by atoms with E-state index in [0.717, 1.165) is 19.6 Å². The molecule has 5 nitrogen and oxygen atoms in total. The molecule has 0 spiro atoms. The number of aromatic nitrogens is 2. The topological polar surface area (TPSA) is 50.2 Å². The maximum absolute atomic E-state index is 12.9. The van der Waals surface area contributed by atoms with Crippen LogP contribution in [0.4, 0.5) is 0 Å². The lowest BCUT2D eigenvalue weighted by atomic mass is 9.87. The van der Waals surface area contributed by atoms with E-state index in [4.69, 9.17) is 0 Å². The maximum atomic E-state index is 12.9. The number of hydrogen-bond donors (Lipinski definition) is 1. The van der Waals surface area contributed by atoms with Gasteiger partial charge in [0.2, 0.25) is 5.91 Å². The number of rotatable bonds is 4. The zero-order valence-corrected chi connectivity index (χ0v) is 15.0. The molecular formula is C17H29ClN4O. The van der Waals surface area contributed by atoms with Gasteiger partial charge in [0.1, 0.15) is 0 Å². The van der Waals surface area contributed by atoms with Gasteiger partial charge in [0.15, 0.2) is 0 Å². The van der Waals surface area contributed by atoms with Crippen molar-refractivity contribution in [3.05, 3.63) is 18.0 Å². The van der Waals surface area contributed by atoms with Crippen LogP contribution in [0.3, 0.4) is 0 Å². The van der Waals surface area contributed by atoms with Gasteiger partial charge in [-0.1, -0.05) is 19.3 Å². The van der Waals surface area contributed by atoms with E-state index >= 15 is 0 Å². The number of nitrogens with one attached hydrogen (secondary N) is 1. The summed E-state index contributed by atoms with van der Waals surface area (Å²) in [5, 5.41) is 7.64. The van der Waals surface area contributed by atoms with Gasteiger partial charge in [0.25, 0.3) is 0 Å². The van der Waals surface area contributed by atoms with Gasteiger partial charge in [0, 0.05) is 45.8 Å². The molecule has 2 fully saturated rings. The number of carbonyl (C=O) groups is 1. The van der Waals surface area contributed by atoms with Gasteiger partial charge in [0.05, 0.1) is 12.1 Å². The minimum absolute atomic E-state index is 0. The van der Waals surface area contributed by atoms with Crippen molar-refractivity contribution in [1.82, 2.24) is 20.0 Å². The van der Waals surface area contributed by atoms with E-state index in [1.165, 1.54) is 37.7 Å². The lowest BCUT2D eigenvalue weighted by molar-refractivity contribution is -0.134. The molecule has 6 heteroatoms. The Morgan fingerprint density at radius 2 is 2.09 bits per heavy atom. The minimum Gasteiger partial charge on any atom is -0.345 e. The quantitative estimate of drug-likeness (QED) is 0.914. The van der Waals surface area contributed by atoms with Gasteiger partial charge in [-0.3, -0.25) is 9.48 Å². The first-order valence-corrected chi connectivity index (χ1v) is 8.59. The SMILES string of the molecule is CN(CC1CCCCC1)C(=O)[C@H]1CNC[C@@H]1c1cnn(C)c1.Cl. The summed E-state index contributed by atoms with van der Waals surface area (Å²) in [6.07, 6.45) is 10.5.